The Morgan fingerprint density at radius 3 is 1.60 bits per heavy atom. The summed E-state index contributed by atoms with van der Waals surface area (Å²) in [6, 6.07) is 12.0. The molecule has 0 spiro atoms. The maximum Gasteiger partial charge on any atom is 1.00 e. The summed E-state index contributed by atoms with van der Waals surface area (Å²) >= 11 is 0. The molecule has 78 valence electrons. The van der Waals surface area contributed by atoms with Crippen molar-refractivity contribution in [2.24, 2.45) is 0 Å². The van der Waals surface area contributed by atoms with E-state index in [1.165, 1.54) is 6.08 Å². The first kappa shape index (κ1) is 17.2. The summed E-state index contributed by atoms with van der Waals surface area (Å²) in [5, 5.41) is 0. The van der Waals surface area contributed by atoms with E-state index in [1.807, 2.05) is 36.4 Å². The average molecular weight is 238 g/mol. The molecule has 1 aromatic rings. The number of hydrogen-bond acceptors (Lipinski definition) is 4. The van der Waals surface area contributed by atoms with Gasteiger partial charge in [-0.25, -0.2) is 8.42 Å². The van der Waals surface area contributed by atoms with Gasteiger partial charge in [-0.15, -0.1) is 6.58 Å². The Morgan fingerprint density at radius 1 is 1.13 bits per heavy atom. The first-order valence-corrected chi connectivity index (χ1v) is 5.11. The molecule has 0 radical (unpaired) electrons. The van der Waals surface area contributed by atoms with E-state index in [0.717, 1.165) is 0 Å². The Hall–Kier alpha value is -0.170. The van der Waals surface area contributed by atoms with Gasteiger partial charge in [-0.05, 0) is 0 Å². The van der Waals surface area contributed by atoms with Gasteiger partial charge in [-0.3, -0.25) is 4.18 Å². The summed E-state index contributed by atoms with van der Waals surface area (Å²) in [4.78, 5) is 0. The Balaban J connectivity index is 0. The molecule has 0 bridgehead atoms. The fourth-order valence-electron chi connectivity index (χ4n) is 0.516. The van der Waals surface area contributed by atoms with E-state index < -0.39 is 10.4 Å². The van der Waals surface area contributed by atoms with Crippen molar-refractivity contribution in [3.63, 3.8) is 0 Å². The zero-order chi connectivity index (χ0) is 10.9. The molecule has 0 aliphatic rings. The summed E-state index contributed by atoms with van der Waals surface area (Å²) in [5.41, 5.74) is 0. The van der Waals surface area contributed by atoms with Crippen molar-refractivity contribution in [1.82, 2.24) is 0 Å². The SMILES string of the molecule is C=CCOS(=O)(=O)[O-].[Na+].c1ccccc1. The minimum atomic E-state index is -4.51. The summed E-state index contributed by atoms with van der Waals surface area (Å²) in [6.45, 7) is 2.88. The summed E-state index contributed by atoms with van der Waals surface area (Å²) in [7, 11) is -4.51. The minimum Gasteiger partial charge on any atom is -0.726 e. The van der Waals surface area contributed by atoms with Crippen LogP contribution in [0.25, 0.3) is 0 Å². The third-order valence-electron chi connectivity index (χ3n) is 0.997. The summed E-state index contributed by atoms with van der Waals surface area (Å²) < 4.78 is 32.4. The third kappa shape index (κ3) is 16.5. The van der Waals surface area contributed by atoms with Gasteiger partial charge < -0.3 is 4.55 Å². The first-order valence-electron chi connectivity index (χ1n) is 3.77. The monoisotopic (exact) mass is 238 g/mol. The summed E-state index contributed by atoms with van der Waals surface area (Å²) in [5.74, 6) is 0. The van der Waals surface area contributed by atoms with Crippen LogP contribution in [0.2, 0.25) is 0 Å². The zero-order valence-electron chi connectivity index (χ0n) is 8.50. The molecule has 0 fully saturated rings. The maximum atomic E-state index is 9.56. The molecule has 15 heavy (non-hydrogen) atoms. The fourth-order valence-corrected chi connectivity index (χ4v) is 0.779. The van der Waals surface area contributed by atoms with Gasteiger partial charge in [0.2, 0.25) is 10.4 Å². The van der Waals surface area contributed by atoms with Crippen LogP contribution in [0.4, 0.5) is 0 Å². The van der Waals surface area contributed by atoms with Gasteiger partial charge in [0.05, 0.1) is 6.61 Å². The third-order valence-corrected chi connectivity index (χ3v) is 1.42. The molecule has 0 heterocycles. The molecule has 1 aromatic carbocycles. The normalized spacial score (nSPS) is 9.13. The molecule has 0 atom stereocenters. The summed E-state index contributed by atoms with van der Waals surface area (Å²) in [6.07, 6.45) is 1.18. The van der Waals surface area contributed by atoms with Crippen LogP contribution in [0.15, 0.2) is 49.1 Å². The van der Waals surface area contributed by atoms with Crippen LogP contribution in [0.3, 0.4) is 0 Å². The van der Waals surface area contributed by atoms with Crippen molar-refractivity contribution in [3.05, 3.63) is 49.1 Å². The van der Waals surface area contributed by atoms with Gasteiger partial charge >= 0.3 is 29.6 Å². The van der Waals surface area contributed by atoms with E-state index >= 15 is 0 Å². The number of hydrogen-bond donors (Lipinski definition) is 0. The van der Waals surface area contributed by atoms with Crippen LogP contribution in [0, 0.1) is 0 Å². The van der Waals surface area contributed by atoms with E-state index in [0.29, 0.717) is 0 Å². The van der Waals surface area contributed by atoms with Crippen molar-refractivity contribution in [2.75, 3.05) is 6.61 Å². The largest absolute Gasteiger partial charge is 1.00 e. The van der Waals surface area contributed by atoms with Crippen molar-refractivity contribution in [3.8, 4) is 0 Å². The van der Waals surface area contributed by atoms with Crippen LogP contribution in [-0.4, -0.2) is 19.6 Å². The van der Waals surface area contributed by atoms with Crippen molar-refractivity contribution < 1.29 is 46.7 Å². The van der Waals surface area contributed by atoms with Crippen LogP contribution in [0.5, 0.6) is 0 Å². The molecular formula is C9H11NaO4S. The van der Waals surface area contributed by atoms with E-state index in [9.17, 15) is 13.0 Å². The predicted molar refractivity (Wildman–Crippen MR) is 52.3 cm³/mol. The quantitative estimate of drug-likeness (QED) is 0.273. The zero-order valence-corrected chi connectivity index (χ0v) is 11.3. The van der Waals surface area contributed by atoms with Gasteiger partial charge in [0.25, 0.3) is 0 Å². The van der Waals surface area contributed by atoms with Crippen LogP contribution < -0.4 is 29.6 Å². The second-order valence-electron chi connectivity index (χ2n) is 2.14. The average Bonchev–Trinajstić information content (AvgIpc) is 2.17. The van der Waals surface area contributed by atoms with Gasteiger partial charge in [0.1, 0.15) is 0 Å². The van der Waals surface area contributed by atoms with Crippen LogP contribution >= 0.6 is 0 Å². The molecule has 0 unspecified atom stereocenters. The molecular weight excluding hydrogens is 227 g/mol. The van der Waals surface area contributed by atoms with Crippen molar-refractivity contribution in [2.45, 2.75) is 0 Å². The van der Waals surface area contributed by atoms with Gasteiger partial charge in [-0.2, -0.15) is 0 Å². The fraction of sp³-hybridized carbons (Fsp3) is 0.111. The molecule has 0 aromatic heterocycles. The molecule has 0 N–H and O–H groups in total. The van der Waals surface area contributed by atoms with Crippen molar-refractivity contribution >= 4 is 10.4 Å². The van der Waals surface area contributed by atoms with Crippen LogP contribution in [-0.2, 0) is 14.6 Å². The second kappa shape index (κ2) is 10.4. The Labute approximate surface area is 112 Å². The molecule has 1 rings (SSSR count). The molecule has 4 nitrogen and oxygen atoms in total. The smallest absolute Gasteiger partial charge is 0.726 e. The molecule has 0 saturated heterocycles. The molecule has 0 saturated carbocycles. The Kier molecular flexibility index (Phi) is 11.9. The number of benzene rings is 1. The molecule has 6 heteroatoms. The van der Waals surface area contributed by atoms with E-state index in [-0.39, 0.29) is 36.2 Å². The van der Waals surface area contributed by atoms with E-state index in [1.54, 1.807) is 0 Å². The minimum absolute atomic E-state index is 0. The number of rotatable bonds is 3. The molecule has 0 aliphatic carbocycles. The van der Waals surface area contributed by atoms with Crippen molar-refractivity contribution in [1.29, 1.82) is 0 Å². The first-order chi connectivity index (χ1) is 6.56. The topological polar surface area (TPSA) is 66.4 Å². The Morgan fingerprint density at radius 2 is 1.47 bits per heavy atom. The predicted octanol–water partition coefficient (Wildman–Crippen LogP) is -1.66. The maximum absolute atomic E-state index is 9.56. The second-order valence-corrected chi connectivity index (χ2v) is 3.19. The van der Waals surface area contributed by atoms with Gasteiger partial charge in [-0.1, -0.05) is 42.5 Å². The molecule has 0 amide bonds. The molecule has 0 aliphatic heterocycles. The van der Waals surface area contributed by atoms with E-state index in [4.69, 9.17) is 0 Å². The standard InChI is InChI=1S/C6H6.C3H6O4S.Na/c1-2-4-6-5-3-1;1-2-3-7-8(4,5)6;/h1-6H;2H,1,3H2,(H,4,5,6);/q;;+1/p-1. The van der Waals surface area contributed by atoms with E-state index in [2.05, 4.69) is 10.8 Å². The van der Waals surface area contributed by atoms with Crippen LogP contribution in [0.1, 0.15) is 0 Å². The Bertz CT molecular complexity index is 310. The van der Waals surface area contributed by atoms with Gasteiger partial charge in [0.15, 0.2) is 0 Å². The van der Waals surface area contributed by atoms with Gasteiger partial charge in [0, 0.05) is 0 Å².